The molecule has 10 heteroatoms. The lowest BCUT2D eigenvalue weighted by Gasteiger charge is -2.28. The zero-order valence-electron chi connectivity index (χ0n) is 22.8. The Morgan fingerprint density at radius 3 is 2.50 bits per heavy atom. The maximum absolute atomic E-state index is 13.8. The third kappa shape index (κ3) is 6.75. The largest absolute Gasteiger partial charge is 0.497 e. The smallest absolute Gasteiger partial charge is 0.266 e. The van der Waals surface area contributed by atoms with Crippen LogP contribution in [-0.2, 0) is 22.5 Å². The summed E-state index contributed by atoms with van der Waals surface area (Å²) in [5, 5.41) is 8.97. The number of amides is 1. The molecule has 3 aromatic rings. The maximum atomic E-state index is 13.8. The van der Waals surface area contributed by atoms with E-state index in [2.05, 4.69) is 26.8 Å². The molecule has 0 spiro atoms. The van der Waals surface area contributed by atoms with Crippen molar-refractivity contribution in [3.8, 4) is 17.2 Å². The number of aliphatic hydroxyl groups excluding tert-OH is 1. The Bertz CT molecular complexity index is 1330. The van der Waals surface area contributed by atoms with Crippen molar-refractivity contribution < 1.29 is 28.8 Å². The van der Waals surface area contributed by atoms with Crippen molar-refractivity contribution in [2.45, 2.75) is 38.0 Å². The minimum atomic E-state index is -1.23. The van der Waals surface area contributed by atoms with Crippen molar-refractivity contribution in [3.63, 3.8) is 0 Å². The Morgan fingerprint density at radius 1 is 1.05 bits per heavy atom. The van der Waals surface area contributed by atoms with Gasteiger partial charge in [0.2, 0.25) is 5.90 Å². The monoisotopic (exact) mass is 611 g/mol. The number of nitrogens with zero attached hydrogens (tertiary/aromatic N) is 1. The number of methoxy groups -OCH3 is 2. The molecule has 1 aliphatic heterocycles. The van der Waals surface area contributed by atoms with Crippen LogP contribution in [0.4, 0.5) is 0 Å². The number of aliphatic hydroxyl groups is 1. The SMILES string of the molecule is COc1ccc(CNNC(=O)[C@@]2(Cc3ccccc3Br)N=C(c3ccc(OCCCO)cc3)O[C@H]2C)c(OC)c1. The minimum Gasteiger partial charge on any atom is -0.497 e. The van der Waals surface area contributed by atoms with Gasteiger partial charge in [0.25, 0.3) is 5.91 Å². The van der Waals surface area contributed by atoms with Gasteiger partial charge in [-0.2, -0.15) is 0 Å². The number of hydrogen-bond acceptors (Lipinski definition) is 8. The second-order valence-corrected chi connectivity index (χ2v) is 10.2. The van der Waals surface area contributed by atoms with Crippen LogP contribution in [0.1, 0.15) is 30.0 Å². The van der Waals surface area contributed by atoms with E-state index < -0.39 is 11.6 Å². The van der Waals surface area contributed by atoms with E-state index in [4.69, 9.17) is 29.0 Å². The Balaban J connectivity index is 1.56. The number of aliphatic imine (C=N–C) groups is 1. The van der Waals surface area contributed by atoms with E-state index in [-0.39, 0.29) is 12.5 Å². The van der Waals surface area contributed by atoms with Crippen LogP contribution >= 0.6 is 15.9 Å². The van der Waals surface area contributed by atoms with Gasteiger partial charge >= 0.3 is 0 Å². The number of nitrogens with one attached hydrogen (secondary N) is 2. The van der Waals surface area contributed by atoms with Crippen LogP contribution in [0.2, 0.25) is 0 Å². The fourth-order valence-electron chi connectivity index (χ4n) is 4.40. The van der Waals surface area contributed by atoms with Gasteiger partial charge in [-0.15, -0.1) is 0 Å². The van der Waals surface area contributed by atoms with Crippen molar-refractivity contribution in [1.82, 2.24) is 10.9 Å². The molecule has 1 heterocycles. The van der Waals surface area contributed by atoms with E-state index in [1.165, 1.54) is 0 Å². The van der Waals surface area contributed by atoms with E-state index >= 15 is 0 Å². The fourth-order valence-corrected chi connectivity index (χ4v) is 4.83. The molecule has 0 aliphatic carbocycles. The lowest BCUT2D eigenvalue weighted by Crippen LogP contribution is -2.55. The molecule has 0 radical (unpaired) electrons. The highest BCUT2D eigenvalue weighted by atomic mass is 79.9. The van der Waals surface area contributed by atoms with Crippen molar-refractivity contribution in [3.05, 3.63) is 87.9 Å². The molecule has 0 aromatic heterocycles. The molecule has 4 rings (SSSR count). The predicted molar refractivity (Wildman–Crippen MR) is 156 cm³/mol. The number of hydrazine groups is 1. The summed E-state index contributed by atoms with van der Waals surface area (Å²) in [5.41, 5.74) is 7.18. The molecule has 0 bridgehead atoms. The number of carbonyl (C=O) groups excluding carboxylic acids is 1. The summed E-state index contributed by atoms with van der Waals surface area (Å²) in [6, 6.07) is 20.6. The number of rotatable bonds is 13. The first kappa shape index (κ1) is 29.4. The minimum absolute atomic E-state index is 0.0742. The Labute approximate surface area is 242 Å². The van der Waals surface area contributed by atoms with Crippen LogP contribution in [0.3, 0.4) is 0 Å². The van der Waals surface area contributed by atoms with Crippen LogP contribution in [0.15, 0.2) is 76.2 Å². The summed E-state index contributed by atoms with van der Waals surface area (Å²) in [6.07, 6.45) is 0.328. The summed E-state index contributed by atoms with van der Waals surface area (Å²) in [7, 11) is 3.18. The summed E-state index contributed by atoms with van der Waals surface area (Å²) in [4.78, 5) is 18.7. The average molecular weight is 613 g/mol. The fraction of sp³-hybridized carbons (Fsp3) is 0.333. The molecular formula is C30H34BrN3O6. The van der Waals surface area contributed by atoms with E-state index in [0.29, 0.717) is 49.1 Å². The Hall–Kier alpha value is -3.60. The Morgan fingerprint density at radius 2 is 1.80 bits per heavy atom. The Kier molecular flexibility index (Phi) is 10.0. The zero-order valence-corrected chi connectivity index (χ0v) is 24.4. The van der Waals surface area contributed by atoms with Crippen molar-refractivity contribution >= 4 is 27.7 Å². The molecule has 0 fully saturated rings. The predicted octanol–water partition coefficient (Wildman–Crippen LogP) is 4.20. The van der Waals surface area contributed by atoms with Crippen molar-refractivity contribution in [1.29, 1.82) is 0 Å². The molecular weight excluding hydrogens is 578 g/mol. The molecule has 0 saturated heterocycles. The van der Waals surface area contributed by atoms with Gasteiger partial charge in [0.1, 0.15) is 23.4 Å². The van der Waals surface area contributed by atoms with Gasteiger partial charge in [0.05, 0.1) is 20.8 Å². The first-order valence-electron chi connectivity index (χ1n) is 13.0. The molecule has 3 aromatic carbocycles. The second-order valence-electron chi connectivity index (χ2n) is 9.30. The van der Waals surface area contributed by atoms with Gasteiger partial charge in [-0.3, -0.25) is 10.2 Å². The number of carbonyl (C=O) groups is 1. The average Bonchev–Trinajstić information content (AvgIpc) is 3.31. The number of halogens is 1. The number of ether oxygens (including phenoxy) is 4. The van der Waals surface area contributed by atoms with E-state index in [1.807, 2.05) is 67.6 Å². The normalized spacial score (nSPS) is 18.0. The third-order valence-corrected chi connectivity index (χ3v) is 7.49. The topological polar surface area (TPSA) is 111 Å². The van der Waals surface area contributed by atoms with Crippen molar-refractivity contribution in [2.75, 3.05) is 27.4 Å². The van der Waals surface area contributed by atoms with Gasteiger partial charge in [-0.1, -0.05) is 40.2 Å². The maximum Gasteiger partial charge on any atom is 0.266 e. The highest BCUT2D eigenvalue weighted by molar-refractivity contribution is 9.10. The lowest BCUT2D eigenvalue weighted by atomic mass is 9.86. The quantitative estimate of drug-likeness (QED) is 0.196. The van der Waals surface area contributed by atoms with Crippen LogP contribution < -0.4 is 25.1 Å². The van der Waals surface area contributed by atoms with Crippen LogP contribution in [0.25, 0.3) is 0 Å². The molecule has 9 nitrogen and oxygen atoms in total. The van der Waals surface area contributed by atoms with Gasteiger partial charge in [-0.25, -0.2) is 10.4 Å². The molecule has 1 aliphatic rings. The molecule has 0 saturated carbocycles. The molecule has 212 valence electrons. The van der Waals surface area contributed by atoms with E-state index in [9.17, 15) is 4.79 Å². The summed E-state index contributed by atoms with van der Waals surface area (Å²) >= 11 is 3.61. The summed E-state index contributed by atoms with van der Waals surface area (Å²) < 4.78 is 23.5. The summed E-state index contributed by atoms with van der Waals surface area (Å²) in [6.45, 7) is 2.68. The second kappa shape index (κ2) is 13.6. The number of hydrogen-bond donors (Lipinski definition) is 3. The van der Waals surface area contributed by atoms with Gasteiger partial charge < -0.3 is 24.1 Å². The van der Waals surface area contributed by atoms with Gasteiger partial charge in [-0.05, 0) is 48.9 Å². The first-order chi connectivity index (χ1) is 19.4. The molecule has 0 unspecified atom stereocenters. The highest BCUT2D eigenvalue weighted by Crippen LogP contribution is 2.34. The first-order valence-corrected chi connectivity index (χ1v) is 13.8. The van der Waals surface area contributed by atoms with Crippen LogP contribution in [-0.4, -0.2) is 56.0 Å². The third-order valence-electron chi connectivity index (χ3n) is 6.72. The standard InChI is InChI=1S/C30H34BrN3O6/c1-20-30(18-22-7-4-5-8-26(22)31,29(36)34-32-19-23-11-14-25(37-2)17-27(23)38-3)33-28(40-20)21-9-12-24(13-10-21)39-16-6-15-35/h4-5,7-14,17,20,32,35H,6,15-16,18-19H2,1-3H3,(H,34,36)/t20-,30-/m0/s1. The van der Waals surface area contributed by atoms with E-state index in [0.717, 1.165) is 21.2 Å². The summed E-state index contributed by atoms with van der Waals surface area (Å²) in [5.74, 6) is 2.07. The van der Waals surface area contributed by atoms with Gasteiger partial charge in [0.15, 0.2) is 5.54 Å². The van der Waals surface area contributed by atoms with Crippen LogP contribution in [0, 0.1) is 0 Å². The van der Waals surface area contributed by atoms with Crippen molar-refractivity contribution in [2.24, 2.45) is 4.99 Å². The molecule has 3 N–H and O–H groups in total. The highest BCUT2D eigenvalue weighted by Gasteiger charge is 2.50. The molecule has 1 amide bonds. The lowest BCUT2D eigenvalue weighted by molar-refractivity contribution is -0.129. The van der Waals surface area contributed by atoms with Gasteiger partial charge in [0, 0.05) is 47.7 Å². The van der Waals surface area contributed by atoms with Crippen LogP contribution in [0.5, 0.6) is 17.2 Å². The molecule has 40 heavy (non-hydrogen) atoms. The number of benzene rings is 3. The van der Waals surface area contributed by atoms with E-state index in [1.54, 1.807) is 20.3 Å². The zero-order chi connectivity index (χ0) is 28.5. The molecule has 2 atom stereocenters.